The van der Waals surface area contributed by atoms with Crippen molar-refractivity contribution < 1.29 is 9.90 Å². The lowest BCUT2D eigenvalue weighted by molar-refractivity contribution is -0.145. The van der Waals surface area contributed by atoms with Crippen molar-refractivity contribution in [1.29, 1.82) is 0 Å². The molecule has 2 unspecified atom stereocenters. The topological polar surface area (TPSA) is 49.3 Å². The second-order valence-electron chi connectivity index (χ2n) is 3.62. The van der Waals surface area contributed by atoms with Gasteiger partial charge in [-0.05, 0) is 25.8 Å². The van der Waals surface area contributed by atoms with E-state index in [1.165, 1.54) is 0 Å². The smallest absolute Gasteiger partial charge is 0.308 e. The number of nitrogens with one attached hydrogen (secondary N) is 1. The second-order valence-corrected chi connectivity index (χ2v) is 3.62. The minimum Gasteiger partial charge on any atom is -0.481 e. The Balaban J connectivity index is 2.13. The summed E-state index contributed by atoms with van der Waals surface area (Å²) in [4.78, 5) is 10.8. The summed E-state index contributed by atoms with van der Waals surface area (Å²) in [7, 11) is 0. The molecule has 1 spiro atoms. The van der Waals surface area contributed by atoms with Gasteiger partial charge in [-0.1, -0.05) is 6.42 Å². The Bertz CT molecular complexity index is 187. The molecule has 2 N–H and O–H groups in total. The standard InChI is InChI=1S/C8H13NO2/c10-7(11)6-2-1-3-8(6)4-5-9-8/h6,9H,1-5H2,(H,10,11). The van der Waals surface area contributed by atoms with Crippen molar-refractivity contribution >= 4 is 5.97 Å². The highest BCUT2D eigenvalue weighted by Crippen LogP contribution is 2.42. The molecule has 2 rings (SSSR count). The zero-order valence-corrected chi connectivity index (χ0v) is 6.47. The number of carboxylic acid groups (broad SMARTS) is 1. The summed E-state index contributed by atoms with van der Waals surface area (Å²) in [5, 5.41) is 12.1. The molecule has 0 radical (unpaired) electrons. The summed E-state index contributed by atoms with van der Waals surface area (Å²) < 4.78 is 0. The van der Waals surface area contributed by atoms with Crippen LogP contribution in [0.2, 0.25) is 0 Å². The first kappa shape index (κ1) is 7.10. The number of hydrogen-bond donors (Lipinski definition) is 2. The van der Waals surface area contributed by atoms with E-state index in [9.17, 15) is 4.79 Å². The van der Waals surface area contributed by atoms with E-state index in [1.807, 2.05) is 0 Å². The summed E-state index contributed by atoms with van der Waals surface area (Å²) in [6, 6.07) is 0. The van der Waals surface area contributed by atoms with Gasteiger partial charge in [-0.15, -0.1) is 0 Å². The molecule has 2 atom stereocenters. The minimum atomic E-state index is -0.616. The van der Waals surface area contributed by atoms with Crippen LogP contribution < -0.4 is 5.32 Å². The van der Waals surface area contributed by atoms with E-state index in [4.69, 9.17) is 5.11 Å². The van der Waals surface area contributed by atoms with Gasteiger partial charge in [-0.2, -0.15) is 0 Å². The Labute approximate surface area is 65.8 Å². The summed E-state index contributed by atoms with van der Waals surface area (Å²) in [5.74, 6) is -0.731. The molecule has 0 bridgehead atoms. The Morgan fingerprint density at radius 2 is 2.27 bits per heavy atom. The lowest BCUT2D eigenvalue weighted by atomic mass is 9.78. The van der Waals surface area contributed by atoms with Crippen LogP contribution >= 0.6 is 0 Å². The molecule has 0 aromatic carbocycles. The van der Waals surface area contributed by atoms with Crippen LogP contribution in [0.4, 0.5) is 0 Å². The van der Waals surface area contributed by atoms with Crippen LogP contribution in [-0.4, -0.2) is 23.2 Å². The van der Waals surface area contributed by atoms with E-state index < -0.39 is 5.97 Å². The fourth-order valence-electron chi connectivity index (χ4n) is 2.39. The zero-order chi connectivity index (χ0) is 7.90. The van der Waals surface area contributed by atoms with Gasteiger partial charge in [-0.3, -0.25) is 4.79 Å². The Morgan fingerprint density at radius 3 is 2.64 bits per heavy atom. The first-order valence-electron chi connectivity index (χ1n) is 4.22. The van der Waals surface area contributed by atoms with Gasteiger partial charge in [0.1, 0.15) is 0 Å². The molecule has 0 aromatic rings. The molecule has 1 heterocycles. The number of carboxylic acids is 1. The lowest BCUT2D eigenvalue weighted by Gasteiger charge is -2.43. The van der Waals surface area contributed by atoms with Crippen molar-refractivity contribution in [2.75, 3.05) is 6.54 Å². The Morgan fingerprint density at radius 1 is 1.55 bits per heavy atom. The van der Waals surface area contributed by atoms with Gasteiger partial charge >= 0.3 is 5.97 Å². The maximum atomic E-state index is 10.8. The summed E-state index contributed by atoms with van der Waals surface area (Å²) in [6.07, 6.45) is 4.06. The van der Waals surface area contributed by atoms with Crippen LogP contribution in [0, 0.1) is 5.92 Å². The highest BCUT2D eigenvalue weighted by Gasteiger charge is 2.50. The first-order chi connectivity index (χ1) is 5.25. The minimum absolute atomic E-state index is 0.00579. The number of hydrogen-bond acceptors (Lipinski definition) is 2. The Hall–Kier alpha value is -0.570. The van der Waals surface area contributed by atoms with Gasteiger partial charge in [0.25, 0.3) is 0 Å². The molecular formula is C8H13NO2. The molecule has 62 valence electrons. The van der Waals surface area contributed by atoms with Gasteiger partial charge in [-0.25, -0.2) is 0 Å². The van der Waals surface area contributed by atoms with Crippen LogP contribution in [0.5, 0.6) is 0 Å². The molecule has 2 fully saturated rings. The Kier molecular flexibility index (Phi) is 1.42. The van der Waals surface area contributed by atoms with Gasteiger partial charge < -0.3 is 10.4 Å². The van der Waals surface area contributed by atoms with Crippen LogP contribution in [0.15, 0.2) is 0 Å². The van der Waals surface area contributed by atoms with Crippen molar-refractivity contribution in [2.45, 2.75) is 31.2 Å². The highest BCUT2D eigenvalue weighted by atomic mass is 16.4. The van der Waals surface area contributed by atoms with Crippen molar-refractivity contribution in [3.63, 3.8) is 0 Å². The maximum Gasteiger partial charge on any atom is 0.308 e. The first-order valence-corrected chi connectivity index (χ1v) is 4.22. The quantitative estimate of drug-likeness (QED) is 0.583. The lowest BCUT2D eigenvalue weighted by Crippen LogP contribution is -2.60. The fourth-order valence-corrected chi connectivity index (χ4v) is 2.39. The predicted molar refractivity (Wildman–Crippen MR) is 40.3 cm³/mol. The third kappa shape index (κ3) is 0.872. The molecule has 0 amide bonds. The van der Waals surface area contributed by atoms with E-state index in [-0.39, 0.29) is 11.5 Å². The number of aliphatic carboxylic acids is 1. The van der Waals surface area contributed by atoms with Crippen molar-refractivity contribution in [1.82, 2.24) is 5.32 Å². The van der Waals surface area contributed by atoms with Crippen molar-refractivity contribution in [2.24, 2.45) is 5.92 Å². The molecule has 1 saturated carbocycles. The molecule has 11 heavy (non-hydrogen) atoms. The maximum absolute atomic E-state index is 10.8. The van der Waals surface area contributed by atoms with Gasteiger partial charge in [0.05, 0.1) is 5.92 Å². The van der Waals surface area contributed by atoms with Gasteiger partial charge in [0, 0.05) is 5.54 Å². The average Bonchev–Trinajstić information content (AvgIpc) is 2.27. The predicted octanol–water partition coefficient (Wildman–Crippen LogP) is 0.603. The summed E-state index contributed by atoms with van der Waals surface area (Å²) in [6.45, 7) is 1.00. The van der Waals surface area contributed by atoms with Gasteiger partial charge in [0.2, 0.25) is 0 Å². The molecule has 1 aliphatic carbocycles. The van der Waals surface area contributed by atoms with Crippen LogP contribution in [-0.2, 0) is 4.79 Å². The van der Waals surface area contributed by atoms with E-state index in [0.717, 1.165) is 32.2 Å². The van der Waals surface area contributed by atoms with E-state index in [2.05, 4.69) is 5.32 Å². The van der Waals surface area contributed by atoms with Crippen LogP contribution in [0.3, 0.4) is 0 Å². The molecule has 1 aliphatic heterocycles. The number of carbonyl (C=O) groups is 1. The second kappa shape index (κ2) is 2.21. The molecule has 2 aliphatic rings. The van der Waals surface area contributed by atoms with E-state index in [0.29, 0.717) is 0 Å². The van der Waals surface area contributed by atoms with E-state index in [1.54, 1.807) is 0 Å². The van der Waals surface area contributed by atoms with Crippen LogP contribution in [0.1, 0.15) is 25.7 Å². The fraction of sp³-hybridized carbons (Fsp3) is 0.875. The SMILES string of the molecule is O=C(O)C1CCCC12CCN2. The molecule has 3 heteroatoms. The molecule has 3 nitrogen and oxygen atoms in total. The monoisotopic (exact) mass is 155 g/mol. The highest BCUT2D eigenvalue weighted by molar-refractivity contribution is 5.72. The largest absolute Gasteiger partial charge is 0.481 e. The van der Waals surface area contributed by atoms with Gasteiger partial charge in [0.15, 0.2) is 0 Å². The summed E-state index contributed by atoms with van der Waals surface area (Å²) >= 11 is 0. The molecule has 0 aromatic heterocycles. The average molecular weight is 155 g/mol. The van der Waals surface area contributed by atoms with Crippen LogP contribution in [0.25, 0.3) is 0 Å². The van der Waals surface area contributed by atoms with E-state index >= 15 is 0 Å². The van der Waals surface area contributed by atoms with Crippen molar-refractivity contribution in [3.05, 3.63) is 0 Å². The normalized spacial score (nSPS) is 42.4. The molecular weight excluding hydrogens is 142 g/mol. The molecule has 1 saturated heterocycles. The third-order valence-electron chi connectivity index (χ3n) is 3.13. The summed E-state index contributed by atoms with van der Waals surface area (Å²) in [5.41, 5.74) is 0.00579. The number of rotatable bonds is 1. The third-order valence-corrected chi connectivity index (χ3v) is 3.13. The zero-order valence-electron chi connectivity index (χ0n) is 6.47. The van der Waals surface area contributed by atoms with Crippen molar-refractivity contribution in [3.8, 4) is 0 Å².